The van der Waals surface area contributed by atoms with Gasteiger partial charge in [-0.2, -0.15) is 0 Å². The summed E-state index contributed by atoms with van der Waals surface area (Å²) in [5, 5.41) is 9.92. The first kappa shape index (κ1) is 34.0. The van der Waals surface area contributed by atoms with E-state index in [4.69, 9.17) is 0 Å². The van der Waals surface area contributed by atoms with Gasteiger partial charge in [0.1, 0.15) is 17.4 Å². The Morgan fingerprint density at radius 2 is 1.02 bits per heavy atom. The SMILES string of the molecule is CC(=O)C(C)(c1ccc(F)cc1)c1cnc(N2CCCCC2)nc1.CC(CO)(c1ccc(F)cc1)c1cnc(N2CCCCC2)nc1. The Balaban J connectivity index is 0.000000185. The number of hydrogen-bond acceptors (Lipinski definition) is 8. The third kappa shape index (κ3) is 7.64. The Kier molecular flexibility index (Phi) is 10.9. The quantitative estimate of drug-likeness (QED) is 0.236. The number of carbonyl (C=O) groups is 1. The van der Waals surface area contributed by atoms with Crippen LogP contribution in [0.15, 0.2) is 73.3 Å². The van der Waals surface area contributed by atoms with Crippen LogP contribution in [0.4, 0.5) is 20.7 Å². The van der Waals surface area contributed by atoms with Crippen molar-refractivity contribution in [3.63, 3.8) is 0 Å². The lowest BCUT2D eigenvalue weighted by molar-refractivity contribution is -0.120. The fraction of sp³-hybridized carbons (Fsp3) is 0.432. The van der Waals surface area contributed by atoms with Crippen LogP contribution in [0.3, 0.4) is 0 Å². The molecule has 2 atom stereocenters. The van der Waals surface area contributed by atoms with Crippen molar-refractivity contribution in [2.45, 2.75) is 70.1 Å². The van der Waals surface area contributed by atoms with Crippen LogP contribution in [-0.2, 0) is 15.6 Å². The van der Waals surface area contributed by atoms with Gasteiger partial charge in [0.2, 0.25) is 11.9 Å². The van der Waals surface area contributed by atoms with Crippen LogP contribution >= 0.6 is 0 Å². The maximum absolute atomic E-state index is 13.2. The average Bonchev–Trinajstić information content (AvgIpc) is 3.12. The van der Waals surface area contributed by atoms with Crippen LogP contribution in [0.25, 0.3) is 0 Å². The summed E-state index contributed by atoms with van der Waals surface area (Å²) in [6.45, 7) is 9.14. The topological polar surface area (TPSA) is 95.3 Å². The second kappa shape index (κ2) is 15.1. The van der Waals surface area contributed by atoms with Crippen molar-refractivity contribution in [2.75, 3.05) is 42.6 Å². The molecule has 0 amide bonds. The zero-order valence-electron chi connectivity index (χ0n) is 27.5. The molecule has 0 aliphatic carbocycles. The molecule has 0 radical (unpaired) electrons. The van der Waals surface area contributed by atoms with Crippen molar-refractivity contribution in [1.29, 1.82) is 0 Å². The molecule has 8 nitrogen and oxygen atoms in total. The van der Waals surface area contributed by atoms with Gasteiger partial charge in [-0.3, -0.25) is 4.79 Å². The number of piperidine rings is 2. The molecule has 4 heterocycles. The third-order valence-corrected chi connectivity index (χ3v) is 9.69. The molecule has 1 N–H and O–H groups in total. The molecule has 2 aromatic carbocycles. The average molecular weight is 643 g/mol. The number of aliphatic hydroxyl groups excluding tert-OH is 1. The molecule has 2 aliphatic rings. The van der Waals surface area contributed by atoms with Gasteiger partial charge in [0.25, 0.3) is 0 Å². The van der Waals surface area contributed by atoms with E-state index in [1.165, 1.54) is 49.9 Å². The molecule has 2 fully saturated rings. The van der Waals surface area contributed by atoms with Crippen molar-refractivity contribution in [3.8, 4) is 0 Å². The molecule has 0 spiro atoms. The van der Waals surface area contributed by atoms with Crippen molar-refractivity contribution in [1.82, 2.24) is 19.9 Å². The van der Waals surface area contributed by atoms with Crippen LogP contribution < -0.4 is 9.80 Å². The van der Waals surface area contributed by atoms with Gasteiger partial charge in [-0.1, -0.05) is 24.3 Å². The smallest absolute Gasteiger partial charge is 0.225 e. The van der Waals surface area contributed by atoms with E-state index in [0.717, 1.165) is 67.2 Å². The number of rotatable bonds is 8. The zero-order chi connectivity index (χ0) is 33.4. The summed E-state index contributed by atoms with van der Waals surface area (Å²) in [6.07, 6.45) is 14.2. The Bertz CT molecular complexity index is 1590. The van der Waals surface area contributed by atoms with E-state index in [1.807, 2.05) is 13.8 Å². The molecule has 47 heavy (non-hydrogen) atoms. The normalized spacial score (nSPS) is 17.6. The number of nitrogens with zero attached hydrogens (tertiary/aromatic N) is 6. The molecular weight excluding hydrogens is 598 g/mol. The van der Waals surface area contributed by atoms with Gasteiger partial charge in [-0.25, -0.2) is 28.7 Å². The van der Waals surface area contributed by atoms with Gasteiger partial charge < -0.3 is 14.9 Å². The van der Waals surface area contributed by atoms with E-state index < -0.39 is 10.8 Å². The first-order valence-corrected chi connectivity index (χ1v) is 16.4. The molecule has 0 bridgehead atoms. The summed E-state index contributed by atoms with van der Waals surface area (Å²) < 4.78 is 26.4. The van der Waals surface area contributed by atoms with Crippen LogP contribution in [0, 0.1) is 11.6 Å². The summed E-state index contributed by atoms with van der Waals surface area (Å²) in [7, 11) is 0. The molecule has 2 aliphatic heterocycles. The summed E-state index contributed by atoms with van der Waals surface area (Å²) in [5.41, 5.74) is 1.61. The highest BCUT2D eigenvalue weighted by Gasteiger charge is 2.35. The maximum atomic E-state index is 13.2. The highest BCUT2D eigenvalue weighted by atomic mass is 19.1. The number of aromatic nitrogens is 4. The van der Waals surface area contributed by atoms with Gasteiger partial charge in [-0.05, 0) is 94.7 Å². The molecular formula is C37H44F2N6O2. The largest absolute Gasteiger partial charge is 0.395 e. The first-order chi connectivity index (χ1) is 22.6. The number of hydrogen-bond donors (Lipinski definition) is 1. The van der Waals surface area contributed by atoms with Crippen LogP contribution in [0.2, 0.25) is 0 Å². The molecule has 2 saturated heterocycles. The number of Topliss-reactive ketones (excluding diaryl/α,β-unsaturated/α-hetero) is 1. The summed E-state index contributed by atoms with van der Waals surface area (Å²) in [6, 6.07) is 12.3. The Hall–Kier alpha value is -4.31. The number of ketones is 1. The monoisotopic (exact) mass is 642 g/mol. The predicted molar refractivity (Wildman–Crippen MR) is 180 cm³/mol. The van der Waals surface area contributed by atoms with Crippen molar-refractivity contribution in [2.24, 2.45) is 0 Å². The van der Waals surface area contributed by atoms with Gasteiger partial charge in [-0.15, -0.1) is 0 Å². The molecule has 4 aromatic rings. The maximum Gasteiger partial charge on any atom is 0.225 e. The van der Waals surface area contributed by atoms with Gasteiger partial charge in [0.15, 0.2) is 0 Å². The van der Waals surface area contributed by atoms with E-state index >= 15 is 0 Å². The number of anilines is 2. The van der Waals surface area contributed by atoms with Crippen molar-refractivity contribution >= 4 is 17.7 Å². The molecule has 2 unspecified atom stereocenters. The minimum absolute atomic E-state index is 0.0246. The fourth-order valence-corrected chi connectivity index (χ4v) is 6.22. The summed E-state index contributed by atoms with van der Waals surface area (Å²) >= 11 is 0. The number of halogens is 2. The molecule has 0 saturated carbocycles. The van der Waals surface area contributed by atoms with Crippen LogP contribution in [0.5, 0.6) is 0 Å². The number of aliphatic hydroxyl groups is 1. The van der Waals surface area contributed by atoms with Gasteiger partial charge in [0.05, 0.1) is 12.0 Å². The van der Waals surface area contributed by atoms with Gasteiger partial charge >= 0.3 is 0 Å². The van der Waals surface area contributed by atoms with E-state index in [0.29, 0.717) is 5.95 Å². The predicted octanol–water partition coefficient (Wildman–Crippen LogP) is 6.41. The molecule has 2 aromatic heterocycles. The fourth-order valence-electron chi connectivity index (χ4n) is 6.22. The minimum Gasteiger partial charge on any atom is -0.395 e. The van der Waals surface area contributed by atoms with Crippen molar-refractivity contribution < 1.29 is 18.7 Å². The Morgan fingerprint density at radius 3 is 1.40 bits per heavy atom. The Labute approximate surface area is 275 Å². The lowest BCUT2D eigenvalue weighted by Crippen LogP contribution is -2.34. The summed E-state index contributed by atoms with van der Waals surface area (Å²) in [4.78, 5) is 34.7. The Morgan fingerprint density at radius 1 is 0.638 bits per heavy atom. The number of benzene rings is 2. The number of carbonyl (C=O) groups excluding carboxylic acids is 1. The van der Waals surface area contributed by atoms with Crippen molar-refractivity contribution in [3.05, 3.63) is 107 Å². The lowest BCUT2D eigenvalue weighted by atomic mass is 9.74. The van der Waals surface area contributed by atoms with Crippen LogP contribution in [0.1, 0.15) is 81.5 Å². The highest BCUT2D eigenvalue weighted by molar-refractivity contribution is 5.91. The van der Waals surface area contributed by atoms with E-state index in [2.05, 4.69) is 29.7 Å². The molecule has 10 heteroatoms. The zero-order valence-corrected chi connectivity index (χ0v) is 27.5. The standard InChI is InChI=1S/C19H22FN3O.C18H22FN3O/c1-14(24)19(2,15-6-8-17(20)9-7-15)16-12-21-18(22-13-16)23-10-4-3-5-11-23;1-18(13-23,14-5-7-16(19)8-6-14)15-11-20-17(21-12-15)22-9-3-2-4-10-22/h6-9,12-13H,3-5,10-11H2,1-2H3;5-8,11-12,23H,2-4,9-10,13H2,1H3. The van der Waals surface area contributed by atoms with Gasteiger partial charge in [0, 0.05) is 67.5 Å². The van der Waals surface area contributed by atoms with E-state index in [-0.39, 0.29) is 24.0 Å². The summed E-state index contributed by atoms with van der Waals surface area (Å²) in [5.74, 6) is 0.826. The third-order valence-electron chi connectivity index (χ3n) is 9.69. The first-order valence-electron chi connectivity index (χ1n) is 16.4. The second-order valence-corrected chi connectivity index (χ2v) is 12.8. The molecule has 6 rings (SSSR count). The van der Waals surface area contributed by atoms with Crippen LogP contribution in [-0.4, -0.2) is 63.6 Å². The lowest BCUT2D eigenvalue weighted by Gasteiger charge is -2.30. The minimum atomic E-state index is -0.881. The second-order valence-electron chi connectivity index (χ2n) is 12.8. The van der Waals surface area contributed by atoms with E-state index in [9.17, 15) is 18.7 Å². The molecule has 248 valence electrons. The van der Waals surface area contributed by atoms with E-state index in [1.54, 1.807) is 56.0 Å². The highest BCUT2D eigenvalue weighted by Crippen LogP contribution is 2.34.